The maximum atomic E-state index is 13.0. The summed E-state index contributed by atoms with van der Waals surface area (Å²) in [6.45, 7) is 7.17. The Labute approximate surface area is 164 Å². The van der Waals surface area contributed by atoms with Crippen LogP contribution in [-0.2, 0) is 11.3 Å². The molecule has 0 spiro atoms. The van der Waals surface area contributed by atoms with E-state index in [9.17, 15) is 9.59 Å². The van der Waals surface area contributed by atoms with Crippen molar-refractivity contribution >= 4 is 23.2 Å². The first-order valence-electron chi connectivity index (χ1n) is 9.59. The highest BCUT2D eigenvalue weighted by atomic mass is 32.1. The molecule has 0 saturated carbocycles. The number of nitrogens with zero attached hydrogens (tertiary/aromatic N) is 3. The van der Waals surface area contributed by atoms with Gasteiger partial charge in [0, 0.05) is 43.2 Å². The molecule has 0 radical (unpaired) electrons. The van der Waals surface area contributed by atoms with E-state index in [1.54, 1.807) is 11.3 Å². The van der Waals surface area contributed by atoms with Crippen molar-refractivity contribution in [2.75, 3.05) is 32.7 Å². The average molecular weight is 384 g/mol. The normalized spacial score (nSPS) is 18.6. The quantitative estimate of drug-likeness (QED) is 0.797. The predicted octanol–water partition coefficient (Wildman–Crippen LogP) is 3.00. The lowest BCUT2D eigenvalue weighted by Gasteiger charge is -2.35. The van der Waals surface area contributed by atoms with Crippen molar-refractivity contribution in [2.24, 2.45) is 0 Å². The summed E-state index contributed by atoms with van der Waals surface area (Å²) in [5.41, 5.74) is 1.82. The Morgan fingerprint density at radius 2 is 1.89 bits per heavy atom. The summed E-state index contributed by atoms with van der Waals surface area (Å²) >= 11 is 1.62. The van der Waals surface area contributed by atoms with E-state index in [0.717, 1.165) is 48.7 Å². The van der Waals surface area contributed by atoms with E-state index in [-0.39, 0.29) is 17.9 Å². The molecule has 6 heteroatoms. The van der Waals surface area contributed by atoms with Gasteiger partial charge in [0.2, 0.25) is 5.91 Å². The summed E-state index contributed by atoms with van der Waals surface area (Å²) in [5.74, 6) is 0.181. The third-order valence-corrected chi connectivity index (χ3v) is 6.61. The molecule has 1 fully saturated rings. The fourth-order valence-electron chi connectivity index (χ4n) is 3.98. The number of likely N-dealkylation sites (N-methyl/N-ethyl adjacent to an activating group) is 1. The number of hydrogen-bond acceptors (Lipinski definition) is 4. The van der Waals surface area contributed by atoms with Gasteiger partial charge in [-0.1, -0.05) is 31.2 Å². The molecule has 2 aliphatic heterocycles. The summed E-state index contributed by atoms with van der Waals surface area (Å²) in [6, 6.07) is 11.6. The third kappa shape index (κ3) is 3.64. The van der Waals surface area contributed by atoms with Crippen LogP contribution in [0.2, 0.25) is 0 Å². The Balaban J connectivity index is 1.52. The minimum atomic E-state index is -0.193. The molecular formula is C21H25N3O2S. The number of piperazine rings is 1. The largest absolute Gasteiger partial charge is 0.340 e. The third-order valence-electron chi connectivity index (χ3n) is 5.64. The highest BCUT2D eigenvalue weighted by Gasteiger charge is 2.36. The number of hydrogen-bond donors (Lipinski definition) is 0. The molecule has 3 heterocycles. The van der Waals surface area contributed by atoms with Crippen LogP contribution in [0, 0.1) is 0 Å². The van der Waals surface area contributed by atoms with Gasteiger partial charge >= 0.3 is 0 Å². The maximum Gasteiger partial charge on any atom is 0.255 e. The SMILES string of the molecule is CCN1CCN(C(=O)C[C@@H](c2cccs2)N2Cc3ccccc3C2=O)CC1. The Bertz CT molecular complexity index is 813. The van der Waals surface area contributed by atoms with E-state index >= 15 is 0 Å². The van der Waals surface area contributed by atoms with Crippen LogP contribution < -0.4 is 0 Å². The van der Waals surface area contributed by atoms with Crippen molar-refractivity contribution in [1.29, 1.82) is 0 Å². The van der Waals surface area contributed by atoms with Gasteiger partial charge in [-0.25, -0.2) is 0 Å². The Kier molecular flexibility index (Phi) is 5.27. The molecular weight excluding hydrogens is 358 g/mol. The number of fused-ring (bicyclic) bond motifs is 1. The Hall–Kier alpha value is -2.18. The maximum absolute atomic E-state index is 13.0. The van der Waals surface area contributed by atoms with Crippen molar-refractivity contribution in [3.8, 4) is 0 Å². The molecule has 5 nitrogen and oxygen atoms in total. The van der Waals surface area contributed by atoms with Gasteiger partial charge < -0.3 is 14.7 Å². The number of carbonyl (C=O) groups is 2. The molecule has 1 aromatic heterocycles. The van der Waals surface area contributed by atoms with E-state index < -0.39 is 0 Å². The molecule has 2 amide bonds. The Morgan fingerprint density at radius 1 is 1.11 bits per heavy atom. The van der Waals surface area contributed by atoms with Crippen LogP contribution in [0.4, 0.5) is 0 Å². The first-order chi connectivity index (χ1) is 13.2. The van der Waals surface area contributed by atoms with E-state index in [1.807, 2.05) is 51.6 Å². The van der Waals surface area contributed by atoms with Crippen LogP contribution in [-0.4, -0.2) is 59.2 Å². The minimum Gasteiger partial charge on any atom is -0.340 e. The van der Waals surface area contributed by atoms with Crippen LogP contribution in [0.1, 0.15) is 40.2 Å². The first-order valence-corrected chi connectivity index (χ1v) is 10.5. The molecule has 0 aliphatic carbocycles. The molecule has 0 N–H and O–H groups in total. The second-order valence-corrected chi connectivity index (χ2v) is 8.12. The van der Waals surface area contributed by atoms with Gasteiger partial charge in [-0.05, 0) is 29.6 Å². The first kappa shape index (κ1) is 18.2. The van der Waals surface area contributed by atoms with Gasteiger partial charge in [-0.15, -0.1) is 11.3 Å². The lowest BCUT2D eigenvalue weighted by atomic mass is 10.1. The standard InChI is InChI=1S/C21H25N3O2S/c1-2-22-9-11-23(12-10-22)20(25)14-18(19-8-5-13-27-19)24-15-16-6-3-4-7-17(16)21(24)26/h3-8,13,18H,2,9-12,14-15H2,1H3/t18-/m0/s1. The van der Waals surface area contributed by atoms with Crippen molar-refractivity contribution in [2.45, 2.75) is 25.9 Å². The summed E-state index contributed by atoms with van der Waals surface area (Å²) in [7, 11) is 0. The van der Waals surface area contributed by atoms with Gasteiger partial charge in [-0.3, -0.25) is 9.59 Å². The summed E-state index contributed by atoms with van der Waals surface area (Å²) in [4.78, 5) is 33.3. The van der Waals surface area contributed by atoms with Crippen molar-refractivity contribution in [3.05, 3.63) is 57.8 Å². The summed E-state index contributed by atoms with van der Waals surface area (Å²) in [6.07, 6.45) is 0.354. The second kappa shape index (κ2) is 7.82. The van der Waals surface area contributed by atoms with Gasteiger partial charge in [0.1, 0.15) is 0 Å². The molecule has 2 aromatic rings. The summed E-state index contributed by atoms with van der Waals surface area (Å²) < 4.78 is 0. The fraction of sp³-hybridized carbons (Fsp3) is 0.429. The zero-order valence-corrected chi connectivity index (χ0v) is 16.5. The number of thiophene rings is 1. The number of benzene rings is 1. The van der Waals surface area contributed by atoms with E-state index in [4.69, 9.17) is 0 Å². The molecule has 142 valence electrons. The van der Waals surface area contributed by atoms with Crippen LogP contribution in [0.3, 0.4) is 0 Å². The molecule has 1 saturated heterocycles. The van der Waals surface area contributed by atoms with Gasteiger partial charge in [0.25, 0.3) is 5.91 Å². The highest BCUT2D eigenvalue weighted by molar-refractivity contribution is 7.10. The molecule has 1 atom stereocenters. The smallest absolute Gasteiger partial charge is 0.255 e. The predicted molar refractivity (Wildman–Crippen MR) is 107 cm³/mol. The van der Waals surface area contributed by atoms with Crippen molar-refractivity contribution in [1.82, 2.24) is 14.7 Å². The second-order valence-electron chi connectivity index (χ2n) is 7.14. The van der Waals surface area contributed by atoms with E-state index in [1.165, 1.54) is 0 Å². The molecule has 27 heavy (non-hydrogen) atoms. The molecule has 2 aliphatic rings. The van der Waals surface area contributed by atoms with Crippen LogP contribution >= 0.6 is 11.3 Å². The van der Waals surface area contributed by atoms with E-state index in [0.29, 0.717) is 13.0 Å². The molecule has 0 bridgehead atoms. The Morgan fingerprint density at radius 3 is 2.56 bits per heavy atom. The molecule has 0 unspecified atom stereocenters. The monoisotopic (exact) mass is 383 g/mol. The minimum absolute atomic E-state index is 0.0348. The average Bonchev–Trinajstić information content (AvgIpc) is 3.35. The molecule has 4 rings (SSSR count). The number of carbonyl (C=O) groups excluding carboxylic acids is 2. The lowest BCUT2D eigenvalue weighted by Crippen LogP contribution is -2.49. The zero-order valence-electron chi connectivity index (χ0n) is 15.6. The van der Waals surface area contributed by atoms with Gasteiger partial charge in [-0.2, -0.15) is 0 Å². The summed E-state index contributed by atoms with van der Waals surface area (Å²) in [5, 5.41) is 2.01. The number of amides is 2. The van der Waals surface area contributed by atoms with Crippen molar-refractivity contribution in [3.63, 3.8) is 0 Å². The highest BCUT2D eigenvalue weighted by Crippen LogP contribution is 2.35. The zero-order chi connectivity index (χ0) is 18.8. The topological polar surface area (TPSA) is 43.9 Å². The van der Waals surface area contributed by atoms with Crippen molar-refractivity contribution < 1.29 is 9.59 Å². The van der Waals surface area contributed by atoms with Crippen LogP contribution in [0.15, 0.2) is 41.8 Å². The molecule has 1 aromatic carbocycles. The number of rotatable bonds is 5. The van der Waals surface area contributed by atoms with Crippen LogP contribution in [0.5, 0.6) is 0 Å². The van der Waals surface area contributed by atoms with Crippen LogP contribution in [0.25, 0.3) is 0 Å². The van der Waals surface area contributed by atoms with Gasteiger partial charge in [0.05, 0.1) is 12.5 Å². The lowest BCUT2D eigenvalue weighted by molar-refractivity contribution is -0.134. The fourth-order valence-corrected chi connectivity index (χ4v) is 4.82. The van der Waals surface area contributed by atoms with E-state index in [2.05, 4.69) is 11.8 Å². The van der Waals surface area contributed by atoms with Gasteiger partial charge in [0.15, 0.2) is 0 Å².